The molecule has 0 aromatic heterocycles. The second kappa shape index (κ2) is 10.2. The highest BCUT2D eigenvalue weighted by atomic mass is 32.2. The van der Waals surface area contributed by atoms with Gasteiger partial charge in [-0.1, -0.05) is 30.3 Å². The quantitative estimate of drug-likeness (QED) is 0.459. The van der Waals surface area contributed by atoms with Crippen LogP contribution in [0.1, 0.15) is 31.7 Å². The molecule has 2 heterocycles. The van der Waals surface area contributed by atoms with Crippen LogP contribution >= 0.6 is 0 Å². The molecule has 5 atom stereocenters. The minimum Gasteiger partial charge on any atom is -0.480 e. The Morgan fingerprint density at radius 1 is 1.18 bits per heavy atom. The van der Waals surface area contributed by atoms with Gasteiger partial charge < -0.3 is 15.1 Å². The first kappa shape index (κ1) is 25.1. The van der Waals surface area contributed by atoms with Crippen LogP contribution in [0.3, 0.4) is 0 Å². The van der Waals surface area contributed by atoms with Gasteiger partial charge in [-0.2, -0.15) is 0 Å². The zero-order valence-electron chi connectivity index (χ0n) is 18.8. The van der Waals surface area contributed by atoms with Crippen molar-refractivity contribution in [1.82, 2.24) is 14.5 Å². The summed E-state index contributed by atoms with van der Waals surface area (Å²) in [4.78, 5) is 38.3. The lowest BCUT2D eigenvalue weighted by Gasteiger charge is -2.38. The van der Waals surface area contributed by atoms with E-state index in [0.29, 0.717) is 19.4 Å². The first-order chi connectivity index (χ1) is 15.5. The average molecular weight is 482 g/mol. The second-order valence-electron chi connectivity index (χ2n) is 8.88. The number of carboxylic acid groups (broad SMARTS) is 2. The summed E-state index contributed by atoms with van der Waals surface area (Å²) in [5.74, 6) is -2.89. The summed E-state index contributed by atoms with van der Waals surface area (Å²) in [7, 11) is -3.48. The maximum absolute atomic E-state index is 13.3. The number of aliphatic carboxylic acids is 2. The molecule has 3 rings (SSSR count). The highest BCUT2D eigenvalue weighted by molar-refractivity contribution is 7.88. The largest absolute Gasteiger partial charge is 0.480 e. The van der Waals surface area contributed by atoms with Crippen molar-refractivity contribution >= 4 is 27.9 Å². The maximum atomic E-state index is 13.3. The molecule has 2 aliphatic rings. The van der Waals surface area contributed by atoms with Gasteiger partial charge in [0.05, 0.1) is 12.3 Å². The maximum Gasteiger partial charge on any atom is 0.326 e. The van der Waals surface area contributed by atoms with E-state index in [1.807, 2.05) is 30.3 Å². The number of hydrogen-bond donors (Lipinski definition) is 3. The number of piperidine rings is 1. The average Bonchev–Trinajstić information content (AvgIpc) is 3.15. The van der Waals surface area contributed by atoms with E-state index in [2.05, 4.69) is 5.32 Å². The summed E-state index contributed by atoms with van der Waals surface area (Å²) in [5, 5.41) is 22.2. The van der Waals surface area contributed by atoms with Gasteiger partial charge in [0.2, 0.25) is 15.9 Å². The van der Waals surface area contributed by atoms with Crippen molar-refractivity contribution < 1.29 is 33.0 Å². The third kappa shape index (κ3) is 5.90. The fraction of sp³-hybridized carbons (Fsp3) is 0.591. The number of sulfonamides is 1. The molecule has 0 spiro atoms. The molecule has 33 heavy (non-hydrogen) atoms. The molecule has 1 amide bonds. The van der Waals surface area contributed by atoms with Gasteiger partial charge in [0.1, 0.15) is 12.1 Å². The number of carboxylic acids is 2. The number of carbonyl (C=O) groups excluding carboxylic acids is 1. The van der Waals surface area contributed by atoms with Gasteiger partial charge in [0, 0.05) is 19.1 Å². The number of nitrogens with zero attached hydrogens (tertiary/aromatic N) is 2. The van der Waals surface area contributed by atoms with Crippen LogP contribution < -0.4 is 5.32 Å². The molecule has 0 saturated carbocycles. The van der Waals surface area contributed by atoms with Crippen molar-refractivity contribution in [3.8, 4) is 0 Å². The molecule has 2 fully saturated rings. The Balaban J connectivity index is 1.73. The van der Waals surface area contributed by atoms with Crippen LogP contribution in [0.5, 0.6) is 0 Å². The van der Waals surface area contributed by atoms with Crippen LogP contribution in [0.4, 0.5) is 0 Å². The number of amides is 1. The van der Waals surface area contributed by atoms with E-state index in [0.717, 1.165) is 11.8 Å². The third-order valence-electron chi connectivity index (χ3n) is 6.60. The molecule has 2 aliphatic heterocycles. The van der Waals surface area contributed by atoms with Gasteiger partial charge in [0.25, 0.3) is 0 Å². The smallest absolute Gasteiger partial charge is 0.326 e. The molecule has 1 aromatic carbocycles. The molecule has 0 aliphatic carbocycles. The predicted octanol–water partition coefficient (Wildman–Crippen LogP) is 0.386. The molecule has 11 heteroatoms. The monoisotopic (exact) mass is 481 g/mol. The molecule has 0 bridgehead atoms. The Hall–Kier alpha value is -2.50. The second-order valence-corrected chi connectivity index (χ2v) is 10.9. The van der Waals surface area contributed by atoms with Crippen molar-refractivity contribution in [2.24, 2.45) is 5.92 Å². The number of rotatable bonds is 9. The molecule has 10 nitrogen and oxygen atoms in total. The number of fused-ring (bicyclic) bond motifs is 1. The van der Waals surface area contributed by atoms with Crippen molar-refractivity contribution in [3.63, 3.8) is 0 Å². The molecule has 3 N–H and O–H groups in total. The van der Waals surface area contributed by atoms with Crippen LogP contribution in [0, 0.1) is 5.92 Å². The highest BCUT2D eigenvalue weighted by Gasteiger charge is 2.50. The minimum absolute atomic E-state index is 0.0438. The summed E-state index contributed by atoms with van der Waals surface area (Å²) in [6.07, 6.45) is 2.58. The molecule has 0 unspecified atom stereocenters. The van der Waals surface area contributed by atoms with Gasteiger partial charge >= 0.3 is 11.9 Å². The summed E-state index contributed by atoms with van der Waals surface area (Å²) in [6.45, 7) is 1.86. The first-order valence-corrected chi connectivity index (χ1v) is 12.9. The molecule has 182 valence electrons. The topological polar surface area (TPSA) is 144 Å². The number of aryl methyl sites for hydroxylation is 1. The number of nitrogens with one attached hydrogen (secondary N) is 1. The minimum atomic E-state index is -3.48. The van der Waals surface area contributed by atoms with Crippen LogP contribution in [-0.4, -0.2) is 89.2 Å². The van der Waals surface area contributed by atoms with E-state index in [1.54, 1.807) is 0 Å². The van der Waals surface area contributed by atoms with E-state index < -0.39 is 52.0 Å². The van der Waals surface area contributed by atoms with Crippen molar-refractivity contribution in [2.75, 3.05) is 19.3 Å². The van der Waals surface area contributed by atoms with E-state index in [1.165, 1.54) is 16.1 Å². The van der Waals surface area contributed by atoms with Crippen LogP contribution in [0.15, 0.2) is 30.3 Å². The predicted molar refractivity (Wildman–Crippen MR) is 120 cm³/mol. The van der Waals surface area contributed by atoms with Crippen molar-refractivity contribution in [3.05, 3.63) is 35.9 Å². The molecule has 2 saturated heterocycles. The lowest BCUT2D eigenvalue weighted by Crippen LogP contribution is -2.58. The number of hydrogen-bond acceptors (Lipinski definition) is 6. The van der Waals surface area contributed by atoms with E-state index in [-0.39, 0.29) is 25.3 Å². The van der Waals surface area contributed by atoms with Crippen LogP contribution in [-0.2, 0) is 30.8 Å². The molecular weight excluding hydrogens is 450 g/mol. The number of likely N-dealkylation sites (tertiary alicyclic amines) is 1. The van der Waals surface area contributed by atoms with E-state index >= 15 is 0 Å². The summed E-state index contributed by atoms with van der Waals surface area (Å²) in [6, 6.07) is 5.83. The Bertz CT molecular complexity index is 985. The van der Waals surface area contributed by atoms with Crippen molar-refractivity contribution in [1.29, 1.82) is 0 Å². The molecular formula is C22H31N3O7S. The lowest BCUT2D eigenvalue weighted by atomic mass is 9.92. The Kier molecular flexibility index (Phi) is 7.76. The van der Waals surface area contributed by atoms with Gasteiger partial charge in [-0.15, -0.1) is 0 Å². The Labute approximate surface area is 193 Å². The van der Waals surface area contributed by atoms with E-state index in [4.69, 9.17) is 0 Å². The Morgan fingerprint density at radius 2 is 1.85 bits per heavy atom. The zero-order chi connectivity index (χ0) is 24.3. The van der Waals surface area contributed by atoms with Gasteiger partial charge in [-0.3, -0.25) is 14.9 Å². The fourth-order valence-corrected chi connectivity index (χ4v) is 5.70. The summed E-state index contributed by atoms with van der Waals surface area (Å²) < 4.78 is 25.4. The first-order valence-electron chi connectivity index (χ1n) is 11.0. The summed E-state index contributed by atoms with van der Waals surface area (Å²) >= 11 is 0. The normalized spacial score (nSPS) is 25.3. The molecule has 1 aromatic rings. The van der Waals surface area contributed by atoms with Crippen molar-refractivity contribution in [2.45, 2.75) is 56.8 Å². The number of carbonyl (C=O) groups is 3. The fourth-order valence-electron chi connectivity index (χ4n) is 4.84. The van der Waals surface area contributed by atoms with Gasteiger partial charge in [0.15, 0.2) is 0 Å². The highest BCUT2D eigenvalue weighted by Crippen LogP contribution is 2.37. The van der Waals surface area contributed by atoms with E-state index in [9.17, 15) is 33.0 Å². The zero-order valence-corrected chi connectivity index (χ0v) is 19.6. The summed E-state index contributed by atoms with van der Waals surface area (Å²) in [5.41, 5.74) is 0.973. The van der Waals surface area contributed by atoms with Crippen LogP contribution in [0.2, 0.25) is 0 Å². The van der Waals surface area contributed by atoms with Crippen LogP contribution in [0.25, 0.3) is 0 Å². The lowest BCUT2D eigenvalue weighted by molar-refractivity contribution is -0.151. The van der Waals surface area contributed by atoms with Gasteiger partial charge in [-0.05, 0) is 44.1 Å². The van der Waals surface area contributed by atoms with Gasteiger partial charge in [-0.25, -0.2) is 17.5 Å². The third-order valence-corrected chi connectivity index (χ3v) is 7.87. The number of benzene rings is 1. The SMILES string of the molecule is C[C@H](N[C@H](CCc1ccccc1)C(=O)O)C(=O)N1[C@H](C(=O)O)C[C@H]2CCN(S(C)(=O)=O)C[C@@H]21. The molecule has 0 radical (unpaired) electrons. The Morgan fingerprint density at radius 3 is 2.42 bits per heavy atom. The standard InChI is InChI=1S/C22H31N3O7S/c1-14(23-17(21(27)28)9-8-15-6-4-3-5-7-15)20(26)25-18(22(29)30)12-16-10-11-24(13-19(16)25)33(2,31)32/h3-7,14,16-19,23H,8-13H2,1-2H3,(H,27,28)(H,29,30)/t14-,16+,17+,18-,19-/m0/s1.